The Hall–Kier alpha value is -12.9. The Morgan fingerprint density at radius 3 is 0.869 bits per heavy atom. The summed E-state index contributed by atoms with van der Waals surface area (Å²) in [6.45, 7) is 6.37. The van der Waals surface area contributed by atoms with Crippen LogP contribution in [0.3, 0.4) is 0 Å². The van der Waals surface area contributed by atoms with E-state index < -0.39 is 0 Å². The van der Waals surface area contributed by atoms with Crippen LogP contribution in [0, 0.1) is 63.2 Å². The first kappa shape index (κ1) is 91.4. The van der Waals surface area contributed by atoms with Gasteiger partial charge in [-0.1, -0.05) is 188 Å². The van der Waals surface area contributed by atoms with Gasteiger partial charge in [0.1, 0.15) is 0 Å². The minimum Gasteiger partial charge on any atom is -0.327 e. The normalized spacial score (nSPS) is 9.99. The van der Waals surface area contributed by atoms with Crippen LogP contribution in [0.1, 0.15) is 16.7 Å². The monoisotopic (exact) mass is 2290 g/mol. The van der Waals surface area contributed by atoms with Gasteiger partial charge in [-0.2, -0.15) is 0 Å². The Labute approximate surface area is 770 Å². The zero-order valence-corrected chi connectivity index (χ0v) is 76.6. The van der Waals surface area contributed by atoms with Crippen molar-refractivity contribution in [2.75, 3.05) is 0 Å². The molecule has 0 N–H and O–H groups in total. The first-order valence-corrected chi connectivity index (χ1v) is 38.9. The molecule has 8 aromatic heterocycles. The van der Waals surface area contributed by atoms with Gasteiger partial charge in [-0.3, -0.25) is 0 Å². The zero-order valence-electron chi connectivity index (χ0n) is 67.0. The molecule has 8 nitrogen and oxygen atoms in total. The molecule has 0 aliphatic carbocycles. The van der Waals surface area contributed by atoms with E-state index in [0.717, 1.165) is 84.5 Å². The second-order valence-corrected chi connectivity index (χ2v) is 27.1. The van der Waals surface area contributed by atoms with E-state index in [1.54, 1.807) is 18.6 Å². The van der Waals surface area contributed by atoms with E-state index in [9.17, 15) is 0 Å². The van der Waals surface area contributed by atoms with Crippen molar-refractivity contribution in [1.29, 1.82) is 0 Å². The van der Waals surface area contributed by atoms with Gasteiger partial charge in [-0.05, 0) is 148 Å². The van der Waals surface area contributed by atoms with Crippen LogP contribution in [0.5, 0.6) is 0 Å². The summed E-state index contributed by atoms with van der Waals surface area (Å²) >= 11 is 0. The van der Waals surface area contributed by atoms with Gasteiger partial charge in [-0.15, -0.1) is 245 Å². The molecule has 0 saturated heterocycles. The van der Waals surface area contributed by atoms with Crippen molar-refractivity contribution in [3.8, 4) is 118 Å². The summed E-state index contributed by atoms with van der Waals surface area (Å²) in [6, 6.07) is 154. The number of para-hydroxylation sites is 2. The largest absolute Gasteiger partial charge is 0.327 e. The number of benzene rings is 12. The number of rotatable bonds is 11. The van der Waals surface area contributed by atoms with E-state index in [0.29, 0.717) is 0 Å². The average molecular weight is 2280 g/mol. The molecule has 20 rings (SSSR count). The van der Waals surface area contributed by atoms with Crippen LogP contribution in [0.2, 0.25) is 0 Å². The van der Waals surface area contributed by atoms with Crippen LogP contribution in [-0.4, -0.2) is 39.5 Å². The van der Waals surface area contributed by atoms with Gasteiger partial charge >= 0.3 is 0 Å². The third kappa shape index (κ3) is 25.3. The number of aromatic nitrogens is 8. The van der Waals surface area contributed by atoms with Crippen LogP contribution in [-0.2, 0) is 80.4 Å². The maximum atomic E-state index is 4.55. The molecular formula is C110H81Ir4N8-7. The van der Waals surface area contributed by atoms with E-state index >= 15 is 0 Å². The smallest absolute Gasteiger partial charge is 0.0523 e. The fraction of sp³-hybridized carbons (Fsp3) is 0.0273. The zero-order chi connectivity index (χ0) is 80.6. The van der Waals surface area contributed by atoms with Crippen molar-refractivity contribution in [3.05, 3.63) is 497 Å². The van der Waals surface area contributed by atoms with Crippen LogP contribution < -0.4 is 0 Å². The molecule has 0 bridgehead atoms. The first-order valence-electron chi connectivity index (χ1n) is 38.9. The van der Waals surface area contributed by atoms with Gasteiger partial charge in [0.05, 0.1) is 11.0 Å². The average Bonchev–Trinajstić information content (AvgIpc) is 1.60. The third-order valence-corrected chi connectivity index (χ3v) is 19.1. The summed E-state index contributed by atoms with van der Waals surface area (Å²) in [4.78, 5) is 30.7. The van der Waals surface area contributed by atoms with Gasteiger partial charge < -0.3 is 39.5 Å². The fourth-order valence-corrected chi connectivity index (χ4v) is 13.2. The second kappa shape index (κ2) is 48.4. The standard InChI is InChI=1S/C23H15N2.3C18H14N.3C11H8N.4Ir/c1-3-13-22-19(10-1)20-11-2-4-14-23(20)25(22)18-9-7-8-17(16-18)21-12-5-6-15-24-21;2*1-14-12-18(16-10-6-3-7-11-16)19-13-17(14)15-8-4-2-5-9-15;1-14-7-5-6-10-17(14)16-11-12-19-18(13-16)15-8-3-2-4-9-15;3*1-2-6-10(7-3-1)11-8-4-5-9-12-11;;;;/h1-7,9-16H;2*2-10,12-13H,1H3;2-8,10-13H,1H3;3*1-6,8-9H;;;;/q7*-1;;;;. The number of aryl methyl sites for hydroxylation is 3. The summed E-state index contributed by atoms with van der Waals surface area (Å²) in [5.41, 5.74) is 28.5. The van der Waals surface area contributed by atoms with Gasteiger partial charge in [0, 0.05) is 146 Å². The minimum absolute atomic E-state index is 0. The summed E-state index contributed by atoms with van der Waals surface area (Å²) in [7, 11) is 0. The van der Waals surface area contributed by atoms with E-state index in [-0.39, 0.29) is 80.4 Å². The van der Waals surface area contributed by atoms with E-state index in [1.807, 2.05) is 286 Å². The predicted molar refractivity (Wildman–Crippen MR) is 484 cm³/mol. The molecule has 0 amide bonds. The number of pyridine rings is 7. The predicted octanol–water partition coefficient (Wildman–Crippen LogP) is 26.9. The van der Waals surface area contributed by atoms with E-state index in [4.69, 9.17) is 0 Å². The van der Waals surface area contributed by atoms with Gasteiger partial charge in [0.2, 0.25) is 0 Å². The summed E-state index contributed by atoms with van der Waals surface area (Å²) in [5, 5.41) is 2.54. The molecule has 12 aromatic carbocycles. The van der Waals surface area contributed by atoms with Crippen LogP contribution in [0.15, 0.2) is 438 Å². The van der Waals surface area contributed by atoms with Crippen molar-refractivity contribution >= 4 is 21.8 Å². The first-order chi connectivity index (χ1) is 58.3. The molecule has 0 fully saturated rings. The molecule has 0 spiro atoms. The van der Waals surface area contributed by atoms with Crippen molar-refractivity contribution in [2.45, 2.75) is 20.8 Å². The Kier molecular flexibility index (Phi) is 36.2. The Morgan fingerprint density at radius 1 is 0.205 bits per heavy atom. The number of nitrogens with zero attached hydrogens (tertiary/aromatic N) is 8. The van der Waals surface area contributed by atoms with Crippen molar-refractivity contribution < 1.29 is 80.4 Å². The molecule has 12 heteroatoms. The van der Waals surface area contributed by atoms with Crippen molar-refractivity contribution in [3.63, 3.8) is 0 Å². The van der Waals surface area contributed by atoms with E-state index in [2.05, 4.69) is 236 Å². The molecule has 0 saturated carbocycles. The molecule has 0 unspecified atom stereocenters. The Balaban J connectivity index is 0.000000151. The second-order valence-electron chi connectivity index (χ2n) is 27.1. The van der Waals surface area contributed by atoms with Crippen LogP contribution >= 0.6 is 0 Å². The minimum atomic E-state index is 0. The third-order valence-electron chi connectivity index (χ3n) is 19.1. The van der Waals surface area contributed by atoms with Gasteiger partial charge in [0.15, 0.2) is 0 Å². The molecule has 8 heterocycles. The quantitative estimate of drug-likeness (QED) is 0.119. The fourth-order valence-electron chi connectivity index (χ4n) is 13.2. The maximum absolute atomic E-state index is 4.55. The molecule has 0 aliphatic heterocycles. The summed E-state index contributed by atoms with van der Waals surface area (Å²) < 4.78 is 2.31. The molecule has 122 heavy (non-hydrogen) atoms. The Morgan fingerprint density at radius 2 is 0.516 bits per heavy atom. The number of fused-ring (bicyclic) bond motifs is 3. The van der Waals surface area contributed by atoms with Crippen molar-refractivity contribution in [2.24, 2.45) is 0 Å². The van der Waals surface area contributed by atoms with Gasteiger partial charge in [0.25, 0.3) is 0 Å². The van der Waals surface area contributed by atoms with Crippen LogP contribution in [0.25, 0.3) is 140 Å². The van der Waals surface area contributed by atoms with Crippen LogP contribution in [0.4, 0.5) is 0 Å². The topological polar surface area (TPSA) is 95.2 Å². The van der Waals surface area contributed by atoms with Gasteiger partial charge in [-0.25, -0.2) is 0 Å². The van der Waals surface area contributed by atoms with Crippen molar-refractivity contribution in [1.82, 2.24) is 39.5 Å². The molecular weight excluding hydrogens is 2200 g/mol. The molecule has 604 valence electrons. The number of hydrogen-bond donors (Lipinski definition) is 0. The SMILES string of the molecule is Cc1cc(-c2[c-]cccc2)ncc1-c1ccccc1.Cc1cc(-c2[c-]cccc2)ncc1-c1ccccc1.Cc1ccccc1-c1ccnc(-c2[c-]cccc2)c1.[Ir].[Ir].[Ir].[Ir].[c-]1ccc(-n2c3ccccc3c3ccccc32)cc1-c1ccccn1.[c-]1ccccc1-c1ccccn1.[c-]1ccccc1-c1ccccn1.[c-]1ccccc1-c1ccccn1. The Bertz CT molecular complexity index is 5950. The molecule has 20 aromatic rings. The maximum Gasteiger partial charge on any atom is 0.0523 e. The number of hydrogen-bond acceptors (Lipinski definition) is 7. The molecule has 4 radical (unpaired) electrons. The van der Waals surface area contributed by atoms with E-state index in [1.165, 1.54) is 71.9 Å². The summed E-state index contributed by atoms with van der Waals surface area (Å²) in [6.07, 6.45) is 12.9. The summed E-state index contributed by atoms with van der Waals surface area (Å²) in [5.74, 6) is 0. The molecule has 0 aliphatic rings. The molecule has 0 atom stereocenters.